The van der Waals surface area contributed by atoms with Crippen LogP contribution >= 0.6 is 0 Å². The molecular formula is C46H48N4O6. The Bertz CT molecular complexity index is 2070. The highest BCUT2D eigenvalue weighted by molar-refractivity contribution is 6.11. The van der Waals surface area contributed by atoms with E-state index in [1.165, 1.54) is 12.8 Å². The number of carbonyl (C=O) groups excluding carboxylic acids is 2. The van der Waals surface area contributed by atoms with Gasteiger partial charge in [0.25, 0.3) is 5.91 Å². The second-order valence-electron chi connectivity index (χ2n) is 14.8. The average molecular weight is 753 g/mol. The van der Waals surface area contributed by atoms with E-state index in [0.29, 0.717) is 55.9 Å². The van der Waals surface area contributed by atoms with E-state index in [1.54, 1.807) is 11.0 Å². The topological polar surface area (TPSA) is 102 Å². The Morgan fingerprint density at radius 3 is 2.11 bits per heavy atom. The Morgan fingerprint density at radius 2 is 1.45 bits per heavy atom. The largest absolute Gasteiger partial charge is 0.473 e. The third kappa shape index (κ3) is 9.32. The third-order valence-electron chi connectivity index (χ3n) is 10.8. The predicted molar refractivity (Wildman–Crippen MR) is 215 cm³/mol. The van der Waals surface area contributed by atoms with Gasteiger partial charge in [0.1, 0.15) is 25.5 Å². The Balaban J connectivity index is 0.966. The number of alkyl carbamates (subject to hydrolysis) is 1. The number of rotatable bonds is 16. The molecule has 10 nitrogen and oxygen atoms in total. The Morgan fingerprint density at radius 1 is 0.768 bits per heavy atom. The molecule has 1 aliphatic carbocycles. The van der Waals surface area contributed by atoms with E-state index in [2.05, 4.69) is 16.3 Å². The molecule has 1 aromatic heterocycles. The molecule has 0 radical (unpaired) electrons. The number of benzene rings is 4. The number of nitrogens with one attached hydrogen (secondary N) is 1. The van der Waals surface area contributed by atoms with Crippen molar-refractivity contribution in [2.75, 3.05) is 29.5 Å². The van der Waals surface area contributed by atoms with Gasteiger partial charge >= 0.3 is 6.09 Å². The minimum atomic E-state index is -0.446. The summed E-state index contributed by atoms with van der Waals surface area (Å²) in [4.78, 5) is 35.7. The van der Waals surface area contributed by atoms with Crippen LogP contribution in [0.4, 0.5) is 16.2 Å². The summed E-state index contributed by atoms with van der Waals surface area (Å²) in [7, 11) is 0. The van der Waals surface area contributed by atoms with E-state index < -0.39 is 6.09 Å². The number of amides is 2. The lowest BCUT2D eigenvalue weighted by Crippen LogP contribution is -2.46. The van der Waals surface area contributed by atoms with E-state index in [1.807, 2.05) is 109 Å². The quantitative estimate of drug-likeness (QED) is 0.107. The molecule has 0 unspecified atom stereocenters. The molecule has 3 heterocycles. The number of hydrogen-bond donors (Lipinski definition) is 1. The molecule has 0 spiro atoms. The molecule has 5 aromatic rings. The molecule has 1 saturated carbocycles. The monoisotopic (exact) mass is 752 g/mol. The van der Waals surface area contributed by atoms with Gasteiger partial charge in [0.2, 0.25) is 11.8 Å². The Hall–Kier alpha value is -5.87. The van der Waals surface area contributed by atoms with E-state index in [0.717, 1.165) is 59.7 Å². The third-order valence-corrected chi connectivity index (χ3v) is 10.8. The van der Waals surface area contributed by atoms with Crippen molar-refractivity contribution in [2.24, 2.45) is 5.92 Å². The average Bonchev–Trinajstić information content (AvgIpc) is 4.03. The van der Waals surface area contributed by atoms with Crippen LogP contribution in [0.3, 0.4) is 0 Å². The van der Waals surface area contributed by atoms with Crippen LogP contribution in [0.1, 0.15) is 64.7 Å². The van der Waals surface area contributed by atoms with Crippen LogP contribution in [0.2, 0.25) is 0 Å². The van der Waals surface area contributed by atoms with Crippen molar-refractivity contribution < 1.29 is 28.5 Å². The second-order valence-corrected chi connectivity index (χ2v) is 14.8. The van der Waals surface area contributed by atoms with Crippen molar-refractivity contribution in [3.63, 3.8) is 0 Å². The maximum atomic E-state index is 14.3. The number of pyridine rings is 1. The number of hydrogen-bond acceptors (Lipinski definition) is 8. The molecule has 3 aliphatic rings. The van der Waals surface area contributed by atoms with E-state index in [9.17, 15) is 9.59 Å². The van der Waals surface area contributed by atoms with Gasteiger partial charge in [0, 0.05) is 36.0 Å². The highest BCUT2D eigenvalue weighted by atomic mass is 16.5. The maximum absolute atomic E-state index is 14.3. The van der Waals surface area contributed by atoms with Crippen molar-refractivity contribution in [2.45, 2.75) is 70.6 Å². The van der Waals surface area contributed by atoms with Gasteiger partial charge in [0.05, 0.1) is 25.3 Å². The van der Waals surface area contributed by atoms with Crippen LogP contribution in [0.25, 0.3) is 0 Å². The van der Waals surface area contributed by atoms with Gasteiger partial charge < -0.3 is 29.2 Å². The number of carbonyl (C=O) groups is 2. The lowest BCUT2D eigenvalue weighted by Gasteiger charge is -2.39. The molecule has 10 heteroatoms. The Kier molecular flexibility index (Phi) is 11.7. The van der Waals surface area contributed by atoms with Crippen LogP contribution in [-0.4, -0.2) is 48.8 Å². The first-order valence-corrected chi connectivity index (χ1v) is 19.7. The smallest absolute Gasteiger partial charge is 0.407 e. The van der Waals surface area contributed by atoms with Gasteiger partial charge in [-0.15, -0.1) is 0 Å². The summed E-state index contributed by atoms with van der Waals surface area (Å²) < 4.78 is 24.2. The first-order chi connectivity index (χ1) is 27.6. The minimum Gasteiger partial charge on any atom is -0.473 e. The van der Waals surface area contributed by atoms with Gasteiger partial charge in [-0.3, -0.25) is 9.69 Å². The molecule has 8 rings (SSSR count). The van der Waals surface area contributed by atoms with Gasteiger partial charge in [-0.25, -0.2) is 4.79 Å². The van der Waals surface area contributed by atoms with Crippen LogP contribution in [0, 0.1) is 5.92 Å². The summed E-state index contributed by atoms with van der Waals surface area (Å²) in [5.74, 6) is 1.43. The van der Waals surface area contributed by atoms with Crippen molar-refractivity contribution >= 4 is 23.4 Å². The van der Waals surface area contributed by atoms with Gasteiger partial charge in [-0.2, -0.15) is 4.98 Å². The summed E-state index contributed by atoms with van der Waals surface area (Å²) in [5.41, 5.74) is 6.32. The molecule has 1 N–H and O–H groups in total. The molecule has 288 valence electrons. The van der Waals surface area contributed by atoms with Crippen LogP contribution in [0.5, 0.6) is 11.8 Å². The lowest BCUT2D eigenvalue weighted by atomic mass is 9.99. The number of aromatic nitrogens is 1. The molecule has 4 aromatic carbocycles. The SMILES string of the molecule is O=C(NC[C@H]1CC[C@@H](N(CCC2CC2)c2cccc3c2CN(c2ccc(OCc4ccccc4)nc2OCc2ccccc2)C3=O)CO1)OCc1ccccc1. The molecule has 1 saturated heterocycles. The van der Waals surface area contributed by atoms with Crippen LogP contribution < -0.4 is 24.6 Å². The van der Waals surface area contributed by atoms with Crippen LogP contribution in [-0.2, 0) is 35.8 Å². The number of anilines is 2. The maximum Gasteiger partial charge on any atom is 0.407 e. The molecule has 2 aliphatic heterocycles. The normalized spacial score (nSPS) is 17.6. The summed E-state index contributed by atoms with van der Waals surface area (Å²) >= 11 is 0. The fourth-order valence-corrected chi connectivity index (χ4v) is 7.44. The molecule has 56 heavy (non-hydrogen) atoms. The fraction of sp³-hybridized carbons (Fsp3) is 0.326. The summed E-state index contributed by atoms with van der Waals surface area (Å²) in [6.07, 6.45) is 4.80. The molecule has 2 amide bonds. The van der Waals surface area contributed by atoms with Crippen molar-refractivity contribution in [1.29, 1.82) is 0 Å². The highest BCUT2D eigenvalue weighted by Gasteiger charge is 2.36. The first kappa shape index (κ1) is 37.1. The summed E-state index contributed by atoms with van der Waals surface area (Å²) in [5, 5.41) is 2.88. The number of fused-ring (bicyclic) bond motifs is 1. The molecule has 2 atom stereocenters. The first-order valence-electron chi connectivity index (χ1n) is 19.7. The predicted octanol–water partition coefficient (Wildman–Crippen LogP) is 8.48. The highest BCUT2D eigenvalue weighted by Crippen LogP contribution is 2.41. The van der Waals surface area contributed by atoms with Crippen molar-refractivity contribution in [3.05, 3.63) is 149 Å². The zero-order chi connectivity index (χ0) is 38.1. The van der Waals surface area contributed by atoms with Gasteiger partial charge in [-0.1, -0.05) is 110 Å². The number of ether oxygens (including phenoxy) is 4. The van der Waals surface area contributed by atoms with E-state index in [-0.39, 0.29) is 24.7 Å². The van der Waals surface area contributed by atoms with Crippen LogP contribution in [0.15, 0.2) is 121 Å². The second kappa shape index (κ2) is 17.7. The lowest BCUT2D eigenvalue weighted by molar-refractivity contribution is 0.00405. The zero-order valence-electron chi connectivity index (χ0n) is 31.6. The molecular weight excluding hydrogens is 705 g/mol. The summed E-state index contributed by atoms with van der Waals surface area (Å²) in [6, 6.07) is 39.4. The Labute approximate surface area is 328 Å². The van der Waals surface area contributed by atoms with E-state index in [4.69, 9.17) is 23.9 Å². The standard InChI is InChI=1S/C46H48N4O6/c51-45-39-17-10-18-41(49(26-25-33-19-20-33)37-21-22-38(53-32-37)27-47-46(52)56-31-36-15-8-3-9-16-36)40(39)28-50(45)42-23-24-43(54-29-34-11-4-1-5-12-34)48-44(42)55-30-35-13-6-2-7-14-35/h1-18,23-24,33,37-38H,19-22,25-32H2,(H,47,52)/t37-,38-/m1/s1. The fourth-order valence-electron chi connectivity index (χ4n) is 7.44. The molecule has 0 bridgehead atoms. The van der Waals surface area contributed by atoms with Crippen molar-refractivity contribution in [3.8, 4) is 11.8 Å². The van der Waals surface area contributed by atoms with Gasteiger partial charge in [-0.05, 0) is 60.1 Å². The van der Waals surface area contributed by atoms with Crippen molar-refractivity contribution in [1.82, 2.24) is 10.3 Å². The minimum absolute atomic E-state index is 0.0847. The molecule has 2 fully saturated rings. The zero-order valence-corrected chi connectivity index (χ0v) is 31.6. The summed E-state index contributed by atoms with van der Waals surface area (Å²) in [6.45, 7) is 3.09. The number of nitrogens with zero attached hydrogens (tertiary/aromatic N) is 3. The van der Waals surface area contributed by atoms with Gasteiger partial charge in [0.15, 0.2) is 0 Å². The van der Waals surface area contributed by atoms with E-state index >= 15 is 0 Å².